The molecule has 41 heavy (non-hydrogen) atoms. The van der Waals surface area contributed by atoms with E-state index < -0.39 is 53.8 Å². The van der Waals surface area contributed by atoms with Gasteiger partial charge in [-0.2, -0.15) is 0 Å². The van der Waals surface area contributed by atoms with E-state index in [0.717, 1.165) is 15.3 Å². The lowest BCUT2D eigenvalue weighted by Gasteiger charge is -2.29. The minimum Gasteiger partial charge on any atom is -0.480 e. The highest BCUT2D eigenvalue weighted by Crippen LogP contribution is 2.35. The Hall–Kier alpha value is -4.18. The topological polar surface area (TPSA) is 162 Å². The molecule has 2 aromatic heterocycles. The van der Waals surface area contributed by atoms with Crippen molar-refractivity contribution in [2.24, 2.45) is 0 Å². The van der Waals surface area contributed by atoms with Gasteiger partial charge in [-0.3, -0.25) is 13.7 Å². The predicted molar refractivity (Wildman–Crippen MR) is 145 cm³/mol. The normalized spacial score (nSPS) is 17.0. The molecule has 1 amide bonds. The Morgan fingerprint density at radius 3 is 2.59 bits per heavy atom. The number of benzene rings is 1. The van der Waals surface area contributed by atoms with Crippen LogP contribution in [0.1, 0.15) is 17.5 Å². The number of carbonyl (C=O) groups is 2. The second-order valence-corrected chi connectivity index (χ2v) is 10.5. The predicted octanol–water partition coefficient (Wildman–Crippen LogP) is 2.72. The molecule has 3 aromatic rings. The third kappa shape index (κ3) is 6.27. The molecule has 12 nitrogen and oxygen atoms in total. The molecule has 1 fully saturated rings. The molecule has 0 saturated carbocycles. The molecule has 0 radical (unpaired) electrons. The number of carbonyl (C=O) groups excluding carboxylic acids is 1. The van der Waals surface area contributed by atoms with E-state index in [0.29, 0.717) is 16.8 Å². The van der Waals surface area contributed by atoms with Crippen molar-refractivity contribution < 1.29 is 41.4 Å². The van der Waals surface area contributed by atoms with Crippen LogP contribution in [0.3, 0.4) is 0 Å². The maximum atomic E-state index is 13.5. The van der Waals surface area contributed by atoms with Crippen molar-refractivity contribution in [2.75, 3.05) is 35.6 Å². The van der Waals surface area contributed by atoms with Crippen LogP contribution >= 0.6 is 0 Å². The monoisotopic (exact) mass is 596 g/mol. The Bertz CT molecular complexity index is 1520. The van der Waals surface area contributed by atoms with Gasteiger partial charge in [0.05, 0.1) is 11.9 Å². The number of hydrogen-bond acceptors (Lipinski definition) is 8. The molecule has 1 aliphatic heterocycles. The molecule has 4 N–H and O–H groups in total. The van der Waals surface area contributed by atoms with Crippen LogP contribution in [0, 0.1) is 6.92 Å². The molecule has 1 aliphatic rings. The van der Waals surface area contributed by atoms with Gasteiger partial charge in [-0.1, -0.05) is 0 Å². The molecule has 1 aromatic carbocycles. The zero-order chi connectivity index (χ0) is 30.2. The van der Waals surface area contributed by atoms with Gasteiger partial charge >= 0.3 is 12.3 Å². The Balaban J connectivity index is 1.68. The van der Waals surface area contributed by atoms with E-state index in [1.54, 1.807) is 32.0 Å². The number of nitrogens with two attached hydrogens (primary N) is 1. The first-order valence-corrected chi connectivity index (χ1v) is 13.2. The number of fused-ring (bicyclic) bond motifs is 1. The number of nitrogens with zero attached hydrogens (tertiary/aromatic N) is 5. The molecule has 3 heterocycles. The molecule has 1 saturated heterocycles. The molecule has 0 bridgehead atoms. The number of carboxylic acids is 1. The third-order valence-corrected chi connectivity index (χ3v) is 7.46. The summed E-state index contributed by atoms with van der Waals surface area (Å²) in [5.74, 6) is -2.38. The molecule has 220 valence electrons. The second-order valence-electron chi connectivity index (χ2n) is 9.60. The van der Waals surface area contributed by atoms with E-state index in [4.69, 9.17) is 5.73 Å². The number of amides is 1. The van der Waals surface area contributed by atoms with Crippen molar-refractivity contribution in [1.29, 1.82) is 0 Å². The fourth-order valence-corrected chi connectivity index (χ4v) is 5.62. The van der Waals surface area contributed by atoms with Crippen LogP contribution in [0.4, 0.5) is 30.5 Å². The van der Waals surface area contributed by atoms with Crippen LogP contribution in [0.25, 0.3) is 10.8 Å². The molecule has 4 rings (SSSR count). The maximum absolute atomic E-state index is 13.5. The van der Waals surface area contributed by atoms with Gasteiger partial charge in [-0.25, -0.2) is 19.0 Å². The molecule has 0 spiro atoms. The van der Waals surface area contributed by atoms with Gasteiger partial charge in [-0.05, 0) is 54.1 Å². The van der Waals surface area contributed by atoms with Crippen LogP contribution in [0.2, 0.25) is 0 Å². The maximum Gasteiger partial charge on any atom is 0.573 e. The van der Waals surface area contributed by atoms with Gasteiger partial charge in [-0.15, -0.1) is 13.2 Å². The lowest BCUT2D eigenvalue weighted by molar-refractivity contribution is -0.274. The summed E-state index contributed by atoms with van der Waals surface area (Å²) in [7, 11) is 3.54. The van der Waals surface area contributed by atoms with Crippen molar-refractivity contribution in [1.82, 2.24) is 14.9 Å². The van der Waals surface area contributed by atoms with Crippen molar-refractivity contribution in [3.63, 3.8) is 0 Å². The first kappa shape index (κ1) is 29.8. The molecule has 3 atom stereocenters. The summed E-state index contributed by atoms with van der Waals surface area (Å²) in [6.45, 7) is 1.61. The summed E-state index contributed by atoms with van der Waals surface area (Å²) in [5.41, 5.74) is 6.50. The van der Waals surface area contributed by atoms with Crippen molar-refractivity contribution in [3.05, 3.63) is 47.8 Å². The van der Waals surface area contributed by atoms with E-state index >= 15 is 0 Å². The lowest BCUT2D eigenvalue weighted by Crippen LogP contribution is -2.48. The summed E-state index contributed by atoms with van der Waals surface area (Å²) in [6, 6.07) is 2.57. The number of pyridine rings is 2. The molecular formula is C25H27F3N6O6S. The fraction of sp³-hybridized carbons (Fsp3) is 0.360. The highest BCUT2D eigenvalue weighted by Gasteiger charge is 2.44. The number of alkyl halides is 3. The number of ether oxygens (including phenoxy) is 1. The quantitative estimate of drug-likeness (QED) is 0.313. The zero-order valence-electron chi connectivity index (χ0n) is 22.1. The van der Waals surface area contributed by atoms with E-state index in [1.807, 2.05) is 0 Å². The third-order valence-electron chi connectivity index (χ3n) is 6.65. The van der Waals surface area contributed by atoms with Gasteiger partial charge in [0, 0.05) is 38.6 Å². The van der Waals surface area contributed by atoms with Gasteiger partial charge in [0.2, 0.25) is 5.91 Å². The van der Waals surface area contributed by atoms with E-state index in [1.165, 1.54) is 24.5 Å². The number of aliphatic carboxylic acids is 1. The van der Waals surface area contributed by atoms with Gasteiger partial charge < -0.3 is 25.4 Å². The SMILES string of the molecule is Cc1cc(N([C@H]2CCN([C@H](Cc3cc4ccnc(N)c4cc3OC(F)(F)F)C(=O)O)C2=O)S(=O)O)cnc1N(C)C. The number of rotatable bonds is 9. The summed E-state index contributed by atoms with van der Waals surface area (Å²) in [4.78, 5) is 36.7. The Morgan fingerprint density at radius 2 is 2.00 bits per heavy atom. The molecule has 1 unspecified atom stereocenters. The first-order chi connectivity index (χ1) is 19.2. The number of carboxylic acid groups (broad SMARTS) is 1. The average Bonchev–Trinajstić information content (AvgIpc) is 3.22. The number of hydrogen-bond donors (Lipinski definition) is 3. The van der Waals surface area contributed by atoms with Crippen LogP contribution in [-0.4, -0.2) is 79.7 Å². The van der Waals surface area contributed by atoms with Gasteiger partial charge in [0.25, 0.3) is 11.3 Å². The minimum absolute atomic E-state index is 0.0186. The Labute approximate surface area is 234 Å². The van der Waals surface area contributed by atoms with Crippen LogP contribution < -0.4 is 19.7 Å². The minimum atomic E-state index is -5.09. The number of aryl methyl sites for hydroxylation is 1. The van der Waals surface area contributed by atoms with Gasteiger partial charge in [0.1, 0.15) is 29.5 Å². The van der Waals surface area contributed by atoms with Crippen LogP contribution in [0.15, 0.2) is 36.7 Å². The number of nitrogen functional groups attached to an aromatic ring is 1. The van der Waals surface area contributed by atoms with E-state index in [9.17, 15) is 36.6 Å². The summed E-state index contributed by atoms with van der Waals surface area (Å²) in [6.07, 6.45) is -2.97. The Morgan fingerprint density at radius 1 is 1.29 bits per heavy atom. The molecule has 16 heteroatoms. The standard InChI is InChI=1S/C25H27F3N6O6S/c1-13-8-16(12-31-22(13)32(2)3)34(41(38)39)18-5-7-33(23(18)35)19(24(36)37)10-15-9-14-4-6-30-21(29)17(14)11-20(15)40-25(26,27)28/h4,6,8-9,11-12,18-19H,5,7,10H2,1-3H3,(H2,29,30)(H,36,37)(H,38,39)/t18-,19+/m0/s1. The highest BCUT2D eigenvalue weighted by molar-refractivity contribution is 7.80. The first-order valence-electron chi connectivity index (χ1n) is 12.2. The Kier molecular flexibility index (Phi) is 8.26. The van der Waals surface area contributed by atoms with Crippen LogP contribution in [0.5, 0.6) is 5.75 Å². The summed E-state index contributed by atoms with van der Waals surface area (Å²) in [5, 5.41) is 10.6. The number of aromatic nitrogens is 2. The zero-order valence-corrected chi connectivity index (χ0v) is 22.9. The average molecular weight is 597 g/mol. The van der Waals surface area contributed by atoms with E-state index in [2.05, 4.69) is 14.7 Å². The number of halogens is 3. The summed E-state index contributed by atoms with van der Waals surface area (Å²) >= 11 is -2.68. The summed E-state index contributed by atoms with van der Waals surface area (Å²) < 4.78 is 67.3. The van der Waals surface area contributed by atoms with Crippen molar-refractivity contribution in [3.8, 4) is 5.75 Å². The smallest absolute Gasteiger partial charge is 0.480 e. The number of anilines is 3. The lowest BCUT2D eigenvalue weighted by atomic mass is 10.00. The fourth-order valence-electron chi connectivity index (χ4n) is 4.92. The molecule has 0 aliphatic carbocycles. The largest absolute Gasteiger partial charge is 0.573 e. The van der Waals surface area contributed by atoms with Crippen molar-refractivity contribution in [2.45, 2.75) is 38.2 Å². The second kappa shape index (κ2) is 11.4. The highest BCUT2D eigenvalue weighted by atomic mass is 32.2. The van der Waals surface area contributed by atoms with Crippen molar-refractivity contribution >= 4 is 51.2 Å². The molecular weight excluding hydrogens is 569 g/mol. The number of likely N-dealkylation sites (tertiary alicyclic amines) is 1. The van der Waals surface area contributed by atoms with E-state index in [-0.39, 0.29) is 35.4 Å². The van der Waals surface area contributed by atoms with Gasteiger partial charge in [0.15, 0.2) is 0 Å². The van der Waals surface area contributed by atoms with Crippen LogP contribution in [-0.2, 0) is 27.3 Å².